The van der Waals surface area contributed by atoms with Gasteiger partial charge in [0.2, 0.25) is 0 Å². The first-order valence-electron chi connectivity index (χ1n) is 6.21. The monoisotopic (exact) mass is 196 g/mol. The highest BCUT2D eigenvalue weighted by molar-refractivity contribution is 5.54. The van der Waals surface area contributed by atoms with Crippen LogP contribution in [-0.4, -0.2) is 0 Å². The van der Waals surface area contributed by atoms with Crippen LogP contribution in [0.1, 0.15) is 32.1 Å². The summed E-state index contributed by atoms with van der Waals surface area (Å²) in [7, 11) is 0. The second kappa shape index (κ2) is 2.75. The van der Waals surface area contributed by atoms with Gasteiger partial charge < -0.3 is 0 Å². The fourth-order valence-corrected chi connectivity index (χ4v) is 3.66. The Bertz CT molecular complexity index is 443. The average Bonchev–Trinajstić information content (AvgIpc) is 2.80. The fourth-order valence-electron chi connectivity index (χ4n) is 3.66. The van der Waals surface area contributed by atoms with Crippen LogP contribution in [0.4, 0.5) is 0 Å². The van der Waals surface area contributed by atoms with Gasteiger partial charge in [-0.05, 0) is 60.7 Å². The molecule has 4 aliphatic rings. The predicted molar refractivity (Wildman–Crippen MR) is 62.4 cm³/mol. The molecule has 0 amide bonds. The molecule has 0 N–H and O–H groups in total. The second-order valence-corrected chi connectivity index (χ2v) is 5.31. The van der Waals surface area contributed by atoms with Crippen LogP contribution >= 0.6 is 0 Å². The molecule has 1 fully saturated rings. The zero-order valence-corrected chi connectivity index (χ0v) is 9.00. The van der Waals surface area contributed by atoms with Crippen LogP contribution in [0.2, 0.25) is 0 Å². The Morgan fingerprint density at radius 1 is 1.07 bits per heavy atom. The van der Waals surface area contributed by atoms with Crippen LogP contribution in [-0.2, 0) is 0 Å². The summed E-state index contributed by atoms with van der Waals surface area (Å²) in [5.74, 6) is 1.69. The summed E-state index contributed by atoms with van der Waals surface area (Å²) in [6.07, 6.45) is 16.3. The largest absolute Gasteiger partial charge is 0.0845 e. The Balaban J connectivity index is 1.82. The van der Waals surface area contributed by atoms with E-state index in [1.807, 2.05) is 0 Å². The normalized spacial score (nSPS) is 41.1. The minimum atomic E-state index is 0.811. The van der Waals surface area contributed by atoms with Gasteiger partial charge in [-0.3, -0.25) is 0 Å². The van der Waals surface area contributed by atoms with Crippen LogP contribution in [0.25, 0.3) is 0 Å². The molecule has 2 atom stereocenters. The summed E-state index contributed by atoms with van der Waals surface area (Å²) >= 11 is 0. The van der Waals surface area contributed by atoms with Gasteiger partial charge in [-0.2, -0.15) is 0 Å². The molecule has 2 bridgehead atoms. The van der Waals surface area contributed by atoms with E-state index < -0.39 is 0 Å². The van der Waals surface area contributed by atoms with Crippen LogP contribution < -0.4 is 0 Å². The number of allylic oxidation sites excluding steroid dienone is 8. The Morgan fingerprint density at radius 3 is 2.73 bits per heavy atom. The van der Waals surface area contributed by atoms with Gasteiger partial charge in [-0.1, -0.05) is 29.9 Å². The first-order valence-corrected chi connectivity index (χ1v) is 6.21. The van der Waals surface area contributed by atoms with Crippen molar-refractivity contribution >= 4 is 0 Å². The van der Waals surface area contributed by atoms with Gasteiger partial charge in [0.15, 0.2) is 0 Å². The highest BCUT2D eigenvalue weighted by Gasteiger charge is 2.34. The van der Waals surface area contributed by atoms with E-state index in [1.165, 1.54) is 32.1 Å². The van der Waals surface area contributed by atoms with Crippen molar-refractivity contribution in [2.75, 3.05) is 0 Å². The van der Waals surface area contributed by atoms with Crippen molar-refractivity contribution in [3.05, 3.63) is 46.6 Å². The van der Waals surface area contributed by atoms with Gasteiger partial charge in [0, 0.05) is 0 Å². The first-order chi connectivity index (χ1) is 7.42. The molecule has 0 aliphatic heterocycles. The average molecular weight is 196 g/mol. The molecular weight excluding hydrogens is 180 g/mol. The Kier molecular flexibility index (Phi) is 1.49. The maximum Gasteiger partial charge on any atom is -0.00112 e. The minimum absolute atomic E-state index is 0.811. The lowest BCUT2D eigenvalue weighted by Crippen LogP contribution is -2.11. The van der Waals surface area contributed by atoms with Crippen molar-refractivity contribution in [2.24, 2.45) is 11.8 Å². The summed E-state index contributed by atoms with van der Waals surface area (Å²) in [5.41, 5.74) is 6.87. The Hall–Kier alpha value is -1.04. The molecule has 15 heavy (non-hydrogen) atoms. The fraction of sp³-hybridized carbons (Fsp3) is 0.467. The maximum atomic E-state index is 2.45. The predicted octanol–water partition coefficient (Wildman–Crippen LogP) is 3.93. The standard InChI is InChI=1S/C15H16/c1-2-11-6-7-13(11)14(3-1)15-9-10-4-5-12(15)8-10/h1-2,4-5,10,12H,3,6-9H2. The van der Waals surface area contributed by atoms with Crippen molar-refractivity contribution in [3.8, 4) is 0 Å². The smallest absolute Gasteiger partial charge is 0.00112 e. The minimum Gasteiger partial charge on any atom is -0.0845 e. The van der Waals surface area contributed by atoms with Gasteiger partial charge >= 0.3 is 0 Å². The summed E-state index contributed by atoms with van der Waals surface area (Å²) in [6.45, 7) is 0. The highest BCUT2D eigenvalue weighted by atomic mass is 14.4. The van der Waals surface area contributed by atoms with Crippen LogP contribution in [0.3, 0.4) is 0 Å². The van der Waals surface area contributed by atoms with Gasteiger partial charge in [-0.15, -0.1) is 0 Å². The summed E-state index contributed by atoms with van der Waals surface area (Å²) in [4.78, 5) is 0. The molecule has 4 aliphatic carbocycles. The maximum absolute atomic E-state index is 2.45. The molecule has 2 unspecified atom stereocenters. The van der Waals surface area contributed by atoms with E-state index in [9.17, 15) is 0 Å². The van der Waals surface area contributed by atoms with Crippen molar-refractivity contribution in [1.82, 2.24) is 0 Å². The third-order valence-electron chi connectivity index (χ3n) is 4.53. The van der Waals surface area contributed by atoms with E-state index in [0.29, 0.717) is 0 Å². The first kappa shape index (κ1) is 8.15. The third kappa shape index (κ3) is 1.03. The quantitative estimate of drug-likeness (QED) is 0.515. The molecule has 0 nitrogen and oxygen atoms in total. The molecule has 1 saturated carbocycles. The lowest BCUT2D eigenvalue weighted by Gasteiger charge is -2.30. The van der Waals surface area contributed by atoms with E-state index >= 15 is 0 Å². The molecule has 0 aromatic heterocycles. The van der Waals surface area contributed by atoms with Gasteiger partial charge in [0.25, 0.3) is 0 Å². The zero-order valence-electron chi connectivity index (χ0n) is 9.00. The van der Waals surface area contributed by atoms with Crippen LogP contribution in [0.5, 0.6) is 0 Å². The number of rotatable bonds is 0. The summed E-state index contributed by atoms with van der Waals surface area (Å²) < 4.78 is 0. The van der Waals surface area contributed by atoms with Crippen LogP contribution in [0, 0.1) is 11.8 Å². The number of hydrogen-bond donors (Lipinski definition) is 0. The van der Waals surface area contributed by atoms with Crippen LogP contribution in [0.15, 0.2) is 46.6 Å². The topological polar surface area (TPSA) is 0 Å². The Morgan fingerprint density at radius 2 is 2.07 bits per heavy atom. The third-order valence-corrected chi connectivity index (χ3v) is 4.53. The number of hydrogen-bond acceptors (Lipinski definition) is 0. The molecule has 0 spiro atoms. The highest BCUT2D eigenvalue weighted by Crippen LogP contribution is 2.49. The van der Waals surface area contributed by atoms with E-state index in [1.54, 1.807) is 22.3 Å². The van der Waals surface area contributed by atoms with E-state index in [4.69, 9.17) is 0 Å². The lowest BCUT2D eigenvalue weighted by atomic mass is 9.75. The van der Waals surface area contributed by atoms with Gasteiger partial charge in [0.1, 0.15) is 0 Å². The van der Waals surface area contributed by atoms with Gasteiger partial charge in [-0.25, -0.2) is 0 Å². The van der Waals surface area contributed by atoms with E-state index in [-0.39, 0.29) is 0 Å². The summed E-state index contributed by atoms with van der Waals surface area (Å²) in [6, 6.07) is 0. The van der Waals surface area contributed by atoms with Crippen molar-refractivity contribution in [1.29, 1.82) is 0 Å². The molecule has 76 valence electrons. The van der Waals surface area contributed by atoms with E-state index in [0.717, 1.165) is 11.8 Å². The zero-order chi connectivity index (χ0) is 9.83. The molecular formula is C15H16. The second-order valence-electron chi connectivity index (χ2n) is 5.31. The molecule has 0 aromatic rings. The SMILES string of the molecule is C1=CC2=C(CC2)C(=C2CC3C=CC2C3)C1. The molecule has 0 radical (unpaired) electrons. The van der Waals surface area contributed by atoms with Crippen molar-refractivity contribution < 1.29 is 0 Å². The van der Waals surface area contributed by atoms with Crippen molar-refractivity contribution in [2.45, 2.75) is 32.1 Å². The molecule has 0 aromatic carbocycles. The molecule has 0 heteroatoms. The molecule has 4 rings (SSSR count). The summed E-state index contributed by atoms with van der Waals surface area (Å²) in [5, 5.41) is 0. The Labute approximate surface area is 91.1 Å². The van der Waals surface area contributed by atoms with Gasteiger partial charge in [0.05, 0.1) is 0 Å². The molecule has 0 heterocycles. The molecule has 0 saturated heterocycles. The number of fused-ring (bicyclic) bond motifs is 2. The van der Waals surface area contributed by atoms with E-state index in [2.05, 4.69) is 24.3 Å². The van der Waals surface area contributed by atoms with Crippen molar-refractivity contribution in [3.63, 3.8) is 0 Å². The lowest BCUT2D eigenvalue weighted by molar-refractivity contribution is 0.693.